The molecule has 0 aliphatic rings. The monoisotopic (exact) mass is 529 g/mol. The van der Waals surface area contributed by atoms with Crippen molar-refractivity contribution < 1.29 is 22.7 Å². The first kappa shape index (κ1) is 27.0. The van der Waals surface area contributed by atoms with Gasteiger partial charge in [0.15, 0.2) is 0 Å². The SMILES string of the molecule is CNC(=O)[C@@H](C)N(Cc1ccccc1)C(=O)CN(c1ccc(OC)c(Cl)c1)S(=O)(=O)c1ccccc1. The van der Waals surface area contributed by atoms with Crippen LogP contribution in [0.25, 0.3) is 0 Å². The second kappa shape index (κ2) is 11.9. The number of sulfonamides is 1. The maximum atomic E-state index is 13.7. The summed E-state index contributed by atoms with van der Waals surface area (Å²) in [6.07, 6.45) is 0. The second-order valence-electron chi connectivity index (χ2n) is 7.94. The number of amides is 2. The van der Waals surface area contributed by atoms with Gasteiger partial charge in [0.1, 0.15) is 18.3 Å². The number of hydrogen-bond donors (Lipinski definition) is 1. The van der Waals surface area contributed by atoms with Crippen LogP contribution in [0.3, 0.4) is 0 Å². The summed E-state index contributed by atoms with van der Waals surface area (Å²) < 4.78 is 33.5. The number of hydrogen-bond acceptors (Lipinski definition) is 5. The molecule has 3 rings (SSSR count). The van der Waals surface area contributed by atoms with Gasteiger partial charge in [0, 0.05) is 13.6 Å². The summed E-state index contributed by atoms with van der Waals surface area (Å²) >= 11 is 6.29. The molecule has 0 heterocycles. The Bertz CT molecular complexity index is 1300. The predicted molar refractivity (Wildman–Crippen MR) is 139 cm³/mol. The molecule has 1 atom stereocenters. The van der Waals surface area contributed by atoms with Gasteiger partial charge in [0.25, 0.3) is 10.0 Å². The van der Waals surface area contributed by atoms with E-state index in [2.05, 4.69) is 5.32 Å². The number of carbonyl (C=O) groups excluding carboxylic acids is 2. The Kier molecular flexibility index (Phi) is 8.95. The first-order chi connectivity index (χ1) is 17.2. The summed E-state index contributed by atoms with van der Waals surface area (Å²) in [6.45, 7) is 1.17. The molecule has 0 radical (unpaired) electrons. The number of carbonyl (C=O) groups is 2. The van der Waals surface area contributed by atoms with Crippen LogP contribution in [-0.4, -0.2) is 51.9 Å². The first-order valence-corrected chi connectivity index (χ1v) is 13.0. The van der Waals surface area contributed by atoms with Gasteiger partial charge in [-0.3, -0.25) is 13.9 Å². The van der Waals surface area contributed by atoms with Gasteiger partial charge < -0.3 is 15.0 Å². The van der Waals surface area contributed by atoms with E-state index in [1.165, 1.54) is 49.4 Å². The van der Waals surface area contributed by atoms with E-state index in [0.717, 1.165) is 9.87 Å². The Hall–Kier alpha value is -3.56. The molecule has 8 nitrogen and oxygen atoms in total. The van der Waals surface area contributed by atoms with Crippen LogP contribution in [0.4, 0.5) is 5.69 Å². The van der Waals surface area contributed by atoms with Gasteiger partial charge in [0.05, 0.1) is 22.7 Å². The smallest absolute Gasteiger partial charge is 0.264 e. The minimum atomic E-state index is -4.16. The Morgan fingerprint density at radius 1 is 1.00 bits per heavy atom. The van der Waals surface area contributed by atoms with Gasteiger partial charge >= 0.3 is 0 Å². The highest BCUT2D eigenvalue weighted by Crippen LogP contribution is 2.32. The summed E-state index contributed by atoms with van der Waals surface area (Å²) in [5.74, 6) is -0.562. The van der Waals surface area contributed by atoms with E-state index in [-0.39, 0.29) is 28.1 Å². The average Bonchev–Trinajstić information content (AvgIpc) is 2.90. The Balaban J connectivity index is 2.05. The van der Waals surface area contributed by atoms with Gasteiger partial charge in [-0.05, 0) is 42.8 Å². The van der Waals surface area contributed by atoms with Crippen molar-refractivity contribution >= 4 is 39.1 Å². The molecule has 190 valence electrons. The second-order valence-corrected chi connectivity index (χ2v) is 10.2. The maximum absolute atomic E-state index is 13.7. The number of nitrogens with one attached hydrogen (secondary N) is 1. The van der Waals surface area contributed by atoms with Gasteiger partial charge in [-0.2, -0.15) is 0 Å². The van der Waals surface area contributed by atoms with Crippen molar-refractivity contribution in [1.82, 2.24) is 10.2 Å². The largest absolute Gasteiger partial charge is 0.495 e. The standard InChI is InChI=1S/C26H28ClN3O5S/c1-19(26(32)28-2)29(17-20-10-6-4-7-11-20)25(31)18-30(21-14-15-24(35-3)23(27)16-21)36(33,34)22-12-8-5-9-13-22/h4-16,19H,17-18H2,1-3H3,(H,28,32)/t19-/m1/s1. The van der Waals surface area contributed by atoms with Gasteiger partial charge in [-0.25, -0.2) is 8.42 Å². The summed E-state index contributed by atoms with van der Waals surface area (Å²) in [7, 11) is -1.23. The zero-order valence-electron chi connectivity index (χ0n) is 20.2. The number of nitrogens with zero attached hydrogens (tertiary/aromatic N) is 2. The molecule has 0 aliphatic carbocycles. The molecule has 3 aromatic rings. The van der Waals surface area contributed by atoms with E-state index in [1.807, 2.05) is 30.3 Å². The molecule has 0 aromatic heterocycles. The van der Waals surface area contributed by atoms with Gasteiger partial charge in [0.2, 0.25) is 11.8 Å². The lowest BCUT2D eigenvalue weighted by Crippen LogP contribution is -2.50. The van der Waals surface area contributed by atoms with Crippen LogP contribution in [0.2, 0.25) is 5.02 Å². The minimum Gasteiger partial charge on any atom is -0.495 e. The molecule has 36 heavy (non-hydrogen) atoms. The van der Waals surface area contributed by atoms with E-state index >= 15 is 0 Å². The zero-order valence-corrected chi connectivity index (χ0v) is 21.8. The highest BCUT2D eigenvalue weighted by molar-refractivity contribution is 7.92. The fraction of sp³-hybridized carbons (Fsp3) is 0.231. The number of halogens is 1. The molecule has 1 N–H and O–H groups in total. The summed E-state index contributed by atoms with van der Waals surface area (Å²) in [5.41, 5.74) is 0.983. The molecule has 0 saturated carbocycles. The van der Waals surface area contributed by atoms with Crippen LogP contribution in [-0.2, 0) is 26.2 Å². The molecule has 3 aromatic carbocycles. The Labute approximate surface area is 216 Å². The van der Waals surface area contributed by atoms with E-state index in [0.29, 0.717) is 5.75 Å². The molecule has 10 heteroatoms. The van der Waals surface area contributed by atoms with Crippen LogP contribution in [0.5, 0.6) is 5.75 Å². The summed E-state index contributed by atoms with van der Waals surface area (Å²) in [6, 6.07) is 20.6. The van der Waals surface area contributed by atoms with Crippen LogP contribution < -0.4 is 14.4 Å². The normalized spacial score (nSPS) is 11.9. The third-order valence-corrected chi connectivity index (χ3v) is 7.73. The van der Waals surface area contributed by atoms with Crippen LogP contribution in [0, 0.1) is 0 Å². The van der Waals surface area contributed by atoms with E-state index < -0.39 is 28.5 Å². The number of anilines is 1. The third-order valence-electron chi connectivity index (χ3n) is 5.64. The van der Waals surface area contributed by atoms with Gasteiger partial charge in [-0.15, -0.1) is 0 Å². The number of benzene rings is 3. The Morgan fingerprint density at radius 3 is 2.17 bits per heavy atom. The quantitative estimate of drug-likeness (QED) is 0.432. The fourth-order valence-electron chi connectivity index (χ4n) is 3.63. The number of likely N-dealkylation sites (N-methyl/N-ethyl adjacent to an activating group) is 1. The molecule has 0 saturated heterocycles. The van der Waals surface area contributed by atoms with Gasteiger partial charge in [-0.1, -0.05) is 60.1 Å². The first-order valence-electron chi connectivity index (χ1n) is 11.2. The Morgan fingerprint density at radius 2 is 1.61 bits per heavy atom. The van der Waals surface area contributed by atoms with E-state index in [4.69, 9.17) is 16.3 Å². The van der Waals surface area contributed by atoms with E-state index in [9.17, 15) is 18.0 Å². The molecule has 0 spiro atoms. The maximum Gasteiger partial charge on any atom is 0.264 e. The van der Waals surface area contributed by atoms with Crippen molar-refractivity contribution in [2.75, 3.05) is 25.0 Å². The minimum absolute atomic E-state index is 0.0127. The average molecular weight is 530 g/mol. The van der Waals surface area contributed by atoms with Crippen LogP contribution in [0.1, 0.15) is 12.5 Å². The summed E-state index contributed by atoms with van der Waals surface area (Å²) in [4.78, 5) is 27.5. The lowest BCUT2D eigenvalue weighted by Gasteiger charge is -2.31. The van der Waals surface area contributed by atoms with Crippen molar-refractivity contribution in [3.63, 3.8) is 0 Å². The fourth-order valence-corrected chi connectivity index (χ4v) is 5.31. The molecule has 2 amide bonds. The van der Waals surface area contributed by atoms with Crippen molar-refractivity contribution in [3.05, 3.63) is 89.4 Å². The lowest BCUT2D eigenvalue weighted by molar-refractivity contribution is -0.139. The van der Waals surface area contributed by atoms with Crippen LogP contribution in [0.15, 0.2) is 83.8 Å². The number of rotatable bonds is 10. The van der Waals surface area contributed by atoms with Crippen molar-refractivity contribution in [1.29, 1.82) is 0 Å². The number of ether oxygens (including phenoxy) is 1. The van der Waals surface area contributed by atoms with Crippen LogP contribution >= 0.6 is 11.6 Å². The summed E-state index contributed by atoms with van der Waals surface area (Å²) in [5, 5.41) is 2.74. The molecule has 0 fully saturated rings. The molecular weight excluding hydrogens is 502 g/mol. The number of methoxy groups -OCH3 is 1. The third kappa shape index (κ3) is 6.16. The molecule has 0 aliphatic heterocycles. The van der Waals surface area contributed by atoms with Crippen molar-refractivity contribution in [2.45, 2.75) is 24.4 Å². The van der Waals surface area contributed by atoms with Crippen molar-refractivity contribution in [3.8, 4) is 5.75 Å². The predicted octanol–water partition coefficient (Wildman–Crippen LogP) is 3.71. The van der Waals surface area contributed by atoms with Crippen molar-refractivity contribution in [2.24, 2.45) is 0 Å². The highest BCUT2D eigenvalue weighted by Gasteiger charge is 2.32. The molecule has 0 bridgehead atoms. The van der Waals surface area contributed by atoms with E-state index in [1.54, 1.807) is 25.1 Å². The zero-order chi connectivity index (χ0) is 26.3. The lowest BCUT2D eigenvalue weighted by atomic mass is 10.1. The highest BCUT2D eigenvalue weighted by atomic mass is 35.5. The molecule has 0 unspecified atom stereocenters. The topological polar surface area (TPSA) is 96.0 Å². The molecular formula is C26H28ClN3O5S.